The Morgan fingerprint density at radius 1 is 1.22 bits per heavy atom. The maximum Gasteiger partial charge on any atom is 0.225 e. The lowest BCUT2D eigenvalue weighted by atomic mass is 10.1. The van der Waals surface area contributed by atoms with Crippen molar-refractivity contribution in [2.24, 2.45) is 12.0 Å². The van der Waals surface area contributed by atoms with E-state index in [0.717, 1.165) is 44.6 Å². The smallest absolute Gasteiger partial charge is 0.225 e. The monoisotopic (exact) mass is 371 g/mol. The fraction of sp³-hybridized carbons (Fsp3) is 0.556. The quantitative estimate of drug-likeness (QED) is 0.595. The second-order valence-corrected chi connectivity index (χ2v) is 6.88. The summed E-state index contributed by atoms with van der Waals surface area (Å²) in [5.41, 5.74) is 1.19. The van der Waals surface area contributed by atoms with E-state index < -0.39 is 0 Å². The predicted molar refractivity (Wildman–Crippen MR) is 107 cm³/mol. The van der Waals surface area contributed by atoms with E-state index in [2.05, 4.69) is 60.4 Å². The van der Waals surface area contributed by atoms with E-state index in [9.17, 15) is 0 Å². The molecule has 1 N–H and O–H groups in total. The highest BCUT2D eigenvalue weighted by Crippen LogP contribution is 2.16. The van der Waals surface area contributed by atoms with Gasteiger partial charge in [0.05, 0.1) is 12.2 Å². The van der Waals surface area contributed by atoms with Gasteiger partial charge >= 0.3 is 0 Å². The number of rotatable bonds is 5. The minimum atomic E-state index is 0.231. The Balaban J connectivity index is 1.56. The summed E-state index contributed by atoms with van der Waals surface area (Å²) < 4.78 is 1.84. The van der Waals surface area contributed by atoms with Gasteiger partial charge in [-0.2, -0.15) is 5.10 Å². The third-order valence-corrected chi connectivity index (χ3v) is 4.81. The van der Waals surface area contributed by atoms with Crippen LogP contribution in [0.25, 0.3) is 0 Å². The molecule has 1 fully saturated rings. The van der Waals surface area contributed by atoms with Gasteiger partial charge in [0, 0.05) is 71.0 Å². The first-order chi connectivity index (χ1) is 13.1. The third kappa shape index (κ3) is 4.73. The number of guanidine groups is 1. The molecule has 1 atom stereocenters. The van der Waals surface area contributed by atoms with E-state index in [0.29, 0.717) is 0 Å². The number of anilines is 1. The average Bonchev–Trinajstić information content (AvgIpc) is 3.12. The van der Waals surface area contributed by atoms with Crippen molar-refractivity contribution in [1.29, 1.82) is 0 Å². The van der Waals surface area contributed by atoms with E-state index in [1.54, 1.807) is 12.4 Å². The molecule has 146 valence electrons. The molecule has 9 nitrogen and oxygen atoms in total. The zero-order chi connectivity index (χ0) is 19.2. The van der Waals surface area contributed by atoms with Crippen LogP contribution >= 0.6 is 0 Å². The third-order valence-electron chi connectivity index (χ3n) is 4.81. The van der Waals surface area contributed by atoms with Crippen molar-refractivity contribution in [3.8, 4) is 0 Å². The van der Waals surface area contributed by atoms with Gasteiger partial charge in [-0.05, 0) is 20.2 Å². The number of likely N-dealkylation sites (N-methyl/N-ethyl adjacent to an activating group) is 1. The van der Waals surface area contributed by atoms with Crippen molar-refractivity contribution in [1.82, 2.24) is 34.9 Å². The first-order valence-corrected chi connectivity index (χ1v) is 9.21. The van der Waals surface area contributed by atoms with Crippen molar-refractivity contribution in [3.05, 3.63) is 36.4 Å². The molecule has 2 aromatic rings. The molecule has 0 aromatic carbocycles. The Morgan fingerprint density at radius 2 is 1.93 bits per heavy atom. The number of nitrogens with one attached hydrogen (secondary N) is 1. The van der Waals surface area contributed by atoms with Gasteiger partial charge < -0.3 is 20.0 Å². The zero-order valence-corrected chi connectivity index (χ0v) is 16.6. The molecule has 0 bridgehead atoms. The van der Waals surface area contributed by atoms with Gasteiger partial charge in [-0.25, -0.2) is 9.97 Å². The summed E-state index contributed by atoms with van der Waals surface area (Å²) in [7, 11) is 7.95. The Hall–Kier alpha value is -2.68. The lowest BCUT2D eigenvalue weighted by Gasteiger charge is -2.37. The van der Waals surface area contributed by atoms with Gasteiger partial charge in [-0.3, -0.25) is 9.67 Å². The number of piperazine rings is 1. The largest absolute Gasteiger partial charge is 0.354 e. The highest BCUT2D eigenvalue weighted by atomic mass is 15.4. The van der Waals surface area contributed by atoms with Gasteiger partial charge in [0.2, 0.25) is 5.95 Å². The number of nitrogens with zero attached hydrogens (tertiary/aromatic N) is 8. The van der Waals surface area contributed by atoms with Crippen LogP contribution in [-0.2, 0) is 7.05 Å². The number of aromatic nitrogens is 4. The molecule has 0 radical (unpaired) electrons. The SMILES string of the molecule is CN=C(NCC(c1cnn(C)c1)N(C)C)N1CCN(c2ncccn2)CC1. The molecule has 0 saturated carbocycles. The van der Waals surface area contributed by atoms with Crippen LogP contribution in [0.1, 0.15) is 11.6 Å². The summed E-state index contributed by atoms with van der Waals surface area (Å²) in [6, 6.07) is 2.07. The standard InChI is InChI=1S/C18H29N9/c1-19-17(22-13-16(24(2)3)15-12-23-25(4)14-15)26-8-10-27(11-9-26)18-20-6-5-7-21-18/h5-7,12,14,16H,8-11,13H2,1-4H3,(H,19,22). The maximum absolute atomic E-state index is 4.48. The van der Waals surface area contributed by atoms with Crippen LogP contribution in [0.3, 0.4) is 0 Å². The van der Waals surface area contributed by atoms with Crippen LogP contribution < -0.4 is 10.2 Å². The van der Waals surface area contributed by atoms with Crippen LogP contribution in [0.2, 0.25) is 0 Å². The van der Waals surface area contributed by atoms with E-state index in [1.165, 1.54) is 5.56 Å². The van der Waals surface area contributed by atoms with Crippen molar-refractivity contribution in [3.63, 3.8) is 0 Å². The maximum atomic E-state index is 4.48. The molecule has 0 amide bonds. The molecular formula is C18H29N9. The number of aliphatic imine (C=N–C) groups is 1. The second kappa shape index (κ2) is 8.81. The minimum Gasteiger partial charge on any atom is -0.354 e. The van der Waals surface area contributed by atoms with Crippen molar-refractivity contribution < 1.29 is 0 Å². The topological polar surface area (TPSA) is 77.7 Å². The highest BCUT2D eigenvalue weighted by Gasteiger charge is 2.22. The molecule has 1 aliphatic rings. The van der Waals surface area contributed by atoms with E-state index >= 15 is 0 Å². The first kappa shape index (κ1) is 19.1. The van der Waals surface area contributed by atoms with Gasteiger partial charge in [-0.1, -0.05) is 0 Å². The summed E-state index contributed by atoms with van der Waals surface area (Å²) in [6.45, 7) is 4.30. The molecule has 1 unspecified atom stereocenters. The molecule has 9 heteroatoms. The van der Waals surface area contributed by atoms with E-state index in [1.807, 2.05) is 31.0 Å². The summed E-state index contributed by atoms with van der Waals surface area (Å²) in [4.78, 5) is 19.9. The Labute approximate surface area is 160 Å². The van der Waals surface area contributed by atoms with Crippen LogP contribution in [-0.4, -0.2) is 89.4 Å². The molecule has 0 spiro atoms. The molecule has 0 aliphatic carbocycles. The first-order valence-electron chi connectivity index (χ1n) is 9.21. The van der Waals surface area contributed by atoms with Crippen LogP contribution in [0.4, 0.5) is 5.95 Å². The number of hydrogen-bond donors (Lipinski definition) is 1. The van der Waals surface area contributed by atoms with Crippen molar-refractivity contribution in [2.75, 3.05) is 58.8 Å². The average molecular weight is 371 g/mol. The molecule has 2 aromatic heterocycles. The highest BCUT2D eigenvalue weighted by molar-refractivity contribution is 5.80. The van der Waals surface area contributed by atoms with Crippen molar-refractivity contribution in [2.45, 2.75) is 6.04 Å². The molecule has 3 rings (SSSR count). The molecular weight excluding hydrogens is 342 g/mol. The van der Waals surface area contributed by atoms with E-state index in [-0.39, 0.29) is 6.04 Å². The predicted octanol–water partition coefficient (Wildman–Crippen LogP) is 0.210. The van der Waals surface area contributed by atoms with Crippen molar-refractivity contribution >= 4 is 11.9 Å². The summed E-state index contributed by atoms with van der Waals surface area (Å²) in [5.74, 6) is 1.73. The fourth-order valence-electron chi connectivity index (χ4n) is 3.30. The Bertz CT molecular complexity index is 732. The number of aryl methyl sites for hydroxylation is 1. The van der Waals surface area contributed by atoms with Gasteiger partial charge in [0.1, 0.15) is 0 Å². The summed E-state index contributed by atoms with van der Waals surface area (Å²) in [5, 5.41) is 7.83. The molecule has 27 heavy (non-hydrogen) atoms. The van der Waals surface area contributed by atoms with Crippen LogP contribution in [0.15, 0.2) is 35.8 Å². The fourth-order valence-corrected chi connectivity index (χ4v) is 3.30. The zero-order valence-electron chi connectivity index (χ0n) is 16.6. The Morgan fingerprint density at radius 3 is 2.48 bits per heavy atom. The minimum absolute atomic E-state index is 0.231. The normalized spacial score (nSPS) is 16.7. The second-order valence-electron chi connectivity index (χ2n) is 6.88. The molecule has 1 aliphatic heterocycles. The van der Waals surface area contributed by atoms with Crippen LogP contribution in [0.5, 0.6) is 0 Å². The van der Waals surface area contributed by atoms with E-state index in [4.69, 9.17) is 0 Å². The van der Waals surface area contributed by atoms with Gasteiger partial charge in [-0.15, -0.1) is 0 Å². The summed E-state index contributed by atoms with van der Waals surface area (Å²) in [6.07, 6.45) is 7.56. The Kier molecular flexibility index (Phi) is 6.23. The molecule has 3 heterocycles. The van der Waals surface area contributed by atoms with Crippen LogP contribution in [0, 0.1) is 0 Å². The lowest BCUT2D eigenvalue weighted by molar-refractivity contribution is 0.292. The summed E-state index contributed by atoms with van der Waals surface area (Å²) >= 11 is 0. The molecule has 1 saturated heterocycles. The van der Waals surface area contributed by atoms with Gasteiger partial charge in [0.25, 0.3) is 0 Å². The number of hydrogen-bond acceptors (Lipinski definition) is 6. The lowest BCUT2D eigenvalue weighted by Crippen LogP contribution is -2.53. The van der Waals surface area contributed by atoms with Gasteiger partial charge in [0.15, 0.2) is 5.96 Å².